The summed E-state index contributed by atoms with van der Waals surface area (Å²) in [4.78, 5) is 0.305. The first-order valence-corrected chi connectivity index (χ1v) is 8.29. The summed E-state index contributed by atoms with van der Waals surface area (Å²) in [5, 5.41) is 0. The Bertz CT molecular complexity index is 552. The van der Waals surface area contributed by atoms with Gasteiger partial charge in [0, 0.05) is 4.83 Å². The van der Waals surface area contributed by atoms with Crippen LogP contribution in [0.3, 0.4) is 0 Å². The van der Waals surface area contributed by atoms with E-state index in [9.17, 15) is 0 Å². The molecule has 1 aliphatic carbocycles. The SMILES string of the molecule is Clc1cc(C(Br)C2CC2c2ccccc2)c(Cl)s1. The first-order chi connectivity index (χ1) is 8.66. The topological polar surface area (TPSA) is 0 Å². The molecule has 0 amide bonds. The molecule has 94 valence electrons. The molecule has 1 aromatic heterocycles. The molecule has 0 nitrogen and oxygen atoms in total. The molecule has 1 fully saturated rings. The van der Waals surface area contributed by atoms with E-state index < -0.39 is 0 Å². The minimum absolute atomic E-state index is 0.305. The fourth-order valence-corrected chi connectivity index (χ4v) is 5.17. The first kappa shape index (κ1) is 13.0. The van der Waals surface area contributed by atoms with Crippen LogP contribution in [0.25, 0.3) is 0 Å². The van der Waals surface area contributed by atoms with Gasteiger partial charge in [-0.1, -0.05) is 69.5 Å². The molecule has 3 atom stereocenters. The highest BCUT2D eigenvalue weighted by atomic mass is 79.9. The lowest BCUT2D eigenvalue weighted by Gasteiger charge is -2.08. The maximum atomic E-state index is 6.21. The Labute approximate surface area is 129 Å². The fourth-order valence-electron chi connectivity index (χ4n) is 2.39. The van der Waals surface area contributed by atoms with Crippen LogP contribution in [-0.2, 0) is 0 Å². The lowest BCUT2D eigenvalue weighted by atomic mass is 10.1. The van der Waals surface area contributed by atoms with E-state index in [1.807, 2.05) is 6.07 Å². The number of halogens is 3. The third-order valence-corrected chi connectivity index (χ3v) is 6.11. The van der Waals surface area contributed by atoms with Crippen LogP contribution in [0, 0.1) is 5.92 Å². The van der Waals surface area contributed by atoms with Crippen molar-refractivity contribution in [2.24, 2.45) is 5.92 Å². The van der Waals surface area contributed by atoms with Gasteiger partial charge in [0.1, 0.15) is 0 Å². The van der Waals surface area contributed by atoms with Crippen LogP contribution in [-0.4, -0.2) is 0 Å². The van der Waals surface area contributed by atoms with Gasteiger partial charge in [-0.05, 0) is 35.4 Å². The maximum Gasteiger partial charge on any atom is 0.0987 e. The summed E-state index contributed by atoms with van der Waals surface area (Å²) in [6.45, 7) is 0. The second-order valence-corrected chi connectivity index (χ2v) is 7.87. The summed E-state index contributed by atoms with van der Waals surface area (Å²) < 4.78 is 1.57. The van der Waals surface area contributed by atoms with Gasteiger partial charge in [0.2, 0.25) is 0 Å². The number of rotatable bonds is 3. The van der Waals surface area contributed by atoms with E-state index in [1.165, 1.54) is 23.3 Å². The molecule has 0 saturated heterocycles. The van der Waals surface area contributed by atoms with Crippen LogP contribution < -0.4 is 0 Å². The van der Waals surface area contributed by atoms with Crippen molar-refractivity contribution in [1.82, 2.24) is 0 Å². The van der Waals surface area contributed by atoms with E-state index in [1.54, 1.807) is 0 Å². The Hall–Kier alpha value is -0.0200. The molecule has 0 bridgehead atoms. The largest absolute Gasteiger partial charge is 0.111 e. The molecule has 3 unspecified atom stereocenters. The van der Waals surface area contributed by atoms with Crippen molar-refractivity contribution >= 4 is 50.5 Å². The van der Waals surface area contributed by atoms with Crippen molar-refractivity contribution < 1.29 is 0 Å². The minimum Gasteiger partial charge on any atom is -0.111 e. The van der Waals surface area contributed by atoms with E-state index in [0.29, 0.717) is 16.7 Å². The van der Waals surface area contributed by atoms with Crippen molar-refractivity contribution in [3.05, 3.63) is 56.2 Å². The molecule has 0 radical (unpaired) electrons. The van der Waals surface area contributed by atoms with Gasteiger partial charge >= 0.3 is 0 Å². The molecule has 0 aliphatic heterocycles. The first-order valence-electron chi connectivity index (χ1n) is 5.80. The Morgan fingerprint density at radius 3 is 2.56 bits per heavy atom. The second-order valence-electron chi connectivity index (χ2n) is 4.60. The van der Waals surface area contributed by atoms with Gasteiger partial charge in [-0.25, -0.2) is 0 Å². The summed E-state index contributed by atoms with van der Waals surface area (Å²) in [6.07, 6.45) is 1.21. The van der Waals surface area contributed by atoms with Gasteiger partial charge in [-0.15, -0.1) is 11.3 Å². The van der Waals surface area contributed by atoms with Gasteiger partial charge in [-0.3, -0.25) is 0 Å². The molecule has 1 aliphatic rings. The van der Waals surface area contributed by atoms with Gasteiger partial charge in [0.05, 0.1) is 8.67 Å². The monoisotopic (exact) mass is 360 g/mol. The third-order valence-electron chi connectivity index (χ3n) is 3.42. The Morgan fingerprint density at radius 1 is 1.22 bits per heavy atom. The van der Waals surface area contributed by atoms with E-state index in [4.69, 9.17) is 23.2 Å². The summed E-state index contributed by atoms with van der Waals surface area (Å²) >= 11 is 17.4. The predicted molar refractivity (Wildman–Crippen MR) is 83.3 cm³/mol. The highest BCUT2D eigenvalue weighted by molar-refractivity contribution is 9.09. The molecular formula is C14H11BrCl2S. The highest BCUT2D eigenvalue weighted by Crippen LogP contribution is 2.58. The second kappa shape index (κ2) is 5.16. The lowest BCUT2D eigenvalue weighted by Crippen LogP contribution is -1.93. The number of benzene rings is 1. The molecule has 1 aromatic carbocycles. The molecule has 2 aromatic rings. The quantitative estimate of drug-likeness (QED) is 0.563. The fraction of sp³-hybridized carbons (Fsp3) is 0.286. The minimum atomic E-state index is 0.305. The highest BCUT2D eigenvalue weighted by Gasteiger charge is 2.44. The number of alkyl halides is 1. The summed E-state index contributed by atoms with van der Waals surface area (Å²) in [6, 6.07) is 12.6. The van der Waals surface area contributed by atoms with Crippen molar-refractivity contribution in [3.8, 4) is 0 Å². The van der Waals surface area contributed by atoms with Crippen LogP contribution in [0.15, 0.2) is 36.4 Å². The molecule has 3 rings (SSSR count). The summed E-state index contributed by atoms with van der Waals surface area (Å²) in [7, 11) is 0. The van der Waals surface area contributed by atoms with E-state index in [0.717, 1.165) is 14.2 Å². The molecular weight excluding hydrogens is 351 g/mol. The zero-order valence-electron chi connectivity index (χ0n) is 9.45. The summed E-state index contributed by atoms with van der Waals surface area (Å²) in [5.74, 6) is 1.26. The Kier molecular flexibility index (Phi) is 3.72. The molecule has 1 heterocycles. The van der Waals surface area contributed by atoms with E-state index in [-0.39, 0.29) is 0 Å². The number of thiophene rings is 1. The third kappa shape index (κ3) is 2.49. The van der Waals surface area contributed by atoms with Crippen LogP contribution >= 0.6 is 50.5 Å². The number of hydrogen-bond acceptors (Lipinski definition) is 1. The Morgan fingerprint density at radius 2 is 1.94 bits per heavy atom. The molecule has 18 heavy (non-hydrogen) atoms. The average Bonchev–Trinajstić information content (AvgIpc) is 3.10. The van der Waals surface area contributed by atoms with Crippen LogP contribution in [0.4, 0.5) is 0 Å². The number of hydrogen-bond donors (Lipinski definition) is 0. The van der Waals surface area contributed by atoms with Crippen molar-refractivity contribution in [1.29, 1.82) is 0 Å². The van der Waals surface area contributed by atoms with Crippen LogP contribution in [0.2, 0.25) is 8.67 Å². The zero-order valence-corrected chi connectivity index (χ0v) is 13.4. The van der Waals surface area contributed by atoms with Crippen LogP contribution in [0.1, 0.15) is 28.3 Å². The smallest absolute Gasteiger partial charge is 0.0987 e. The maximum absolute atomic E-state index is 6.21. The normalized spacial score (nSPS) is 23.9. The van der Waals surface area contributed by atoms with E-state index in [2.05, 4.69) is 46.3 Å². The van der Waals surface area contributed by atoms with Gasteiger partial charge in [0.25, 0.3) is 0 Å². The summed E-state index contributed by atoms with van der Waals surface area (Å²) in [5.41, 5.74) is 2.56. The van der Waals surface area contributed by atoms with Crippen molar-refractivity contribution in [2.75, 3.05) is 0 Å². The van der Waals surface area contributed by atoms with Gasteiger partial charge in [0.15, 0.2) is 0 Å². The average molecular weight is 362 g/mol. The Balaban J connectivity index is 1.77. The lowest BCUT2D eigenvalue weighted by molar-refractivity contribution is 0.789. The standard InChI is InChI=1S/C14H11BrCl2S/c15-13(11-7-12(16)18-14(11)17)10-6-9(10)8-4-2-1-3-5-8/h1-5,7,9-10,13H,6H2. The molecule has 0 spiro atoms. The van der Waals surface area contributed by atoms with E-state index >= 15 is 0 Å². The molecule has 0 N–H and O–H groups in total. The predicted octanol–water partition coefficient (Wildman–Crippen LogP) is 6.29. The molecule has 1 saturated carbocycles. The van der Waals surface area contributed by atoms with Crippen LogP contribution in [0.5, 0.6) is 0 Å². The van der Waals surface area contributed by atoms with Crippen molar-refractivity contribution in [3.63, 3.8) is 0 Å². The molecule has 4 heteroatoms. The van der Waals surface area contributed by atoms with Gasteiger partial charge < -0.3 is 0 Å². The zero-order chi connectivity index (χ0) is 12.7. The van der Waals surface area contributed by atoms with Gasteiger partial charge in [-0.2, -0.15) is 0 Å². The van der Waals surface area contributed by atoms with Crippen molar-refractivity contribution in [2.45, 2.75) is 17.2 Å².